The van der Waals surface area contributed by atoms with Crippen molar-refractivity contribution in [1.82, 2.24) is 4.98 Å². The first-order chi connectivity index (χ1) is 8.12. The van der Waals surface area contributed by atoms with E-state index in [9.17, 15) is 0 Å². The minimum atomic E-state index is 0.432. The topological polar surface area (TPSA) is 16.1 Å². The number of rotatable bonds is 0. The second-order valence-electron chi connectivity index (χ2n) is 5.86. The molecule has 3 rings (SSSR count). The second kappa shape index (κ2) is 3.72. The van der Waals surface area contributed by atoms with Gasteiger partial charge >= 0.3 is 0 Å². The first-order valence-corrected chi connectivity index (χ1v) is 6.83. The molecular formula is C15H22N2. The minimum Gasteiger partial charge on any atom is -0.354 e. The van der Waals surface area contributed by atoms with Crippen LogP contribution in [0.3, 0.4) is 0 Å². The molecule has 2 aliphatic rings. The Hall–Kier alpha value is -1.05. The monoisotopic (exact) mass is 230 g/mol. The van der Waals surface area contributed by atoms with E-state index in [1.165, 1.54) is 61.2 Å². The van der Waals surface area contributed by atoms with E-state index in [0.717, 1.165) is 0 Å². The summed E-state index contributed by atoms with van der Waals surface area (Å²) in [4.78, 5) is 7.33. The molecule has 2 nitrogen and oxygen atoms in total. The fourth-order valence-electron chi connectivity index (χ4n) is 3.60. The van der Waals surface area contributed by atoms with Gasteiger partial charge in [-0.1, -0.05) is 18.9 Å². The number of hydrogen-bond acceptors (Lipinski definition) is 2. The van der Waals surface area contributed by atoms with E-state index < -0.39 is 0 Å². The predicted molar refractivity (Wildman–Crippen MR) is 71.6 cm³/mol. The van der Waals surface area contributed by atoms with Crippen LogP contribution in [0, 0.1) is 13.8 Å². The smallest absolute Gasteiger partial charge is 0.132 e. The van der Waals surface area contributed by atoms with E-state index in [1.54, 1.807) is 0 Å². The summed E-state index contributed by atoms with van der Waals surface area (Å²) >= 11 is 0. The van der Waals surface area contributed by atoms with Gasteiger partial charge in [-0.3, -0.25) is 0 Å². The maximum atomic E-state index is 4.84. The third-order valence-electron chi connectivity index (χ3n) is 4.95. The average Bonchev–Trinajstić information content (AvgIpc) is 2.77. The van der Waals surface area contributed by atoms with Gasteiger partial charge in [0, 0.05) is 18.3 Å². The Morgan fingerprint density at radius 2 is 1.88 bits per heavy atom. The highest BCUT2D eigenvalue weighted by Crippen LogP contribution is 2.44. The molecule has 1 saturated carbocycles. The molecule has 1 aliphatic carbocycles. The van der Waals surface area contributed by atoms with Crippen LogP contribution in [0.1, 0.15) is 48.9 Å². The fraction of sp³-hybridized carbons (Fsp3) is 0.667. The standard InChI is InChI=1S/C15H22N2/c1-11-10-13-6-9-15(7-4-5-8-15)17(3)14(13)16-12(11)2/h10H,4-9H2,1-3H3. The van der Waals surface area contributed by atoms with Crippen molar-refractivity contribution in [2.75, 3.05) is 11.9 Å². The Morgan fingerprint density at radius 1 is 1.18 bits per heavy atom. The predicted octanol–water partition coefficient (Wildman–Crippen LogP) is 3.39. The molecular weight excluding hydrogens is 208 g/mol. The normalized spacial score (nSPS) is 21.9. The summed E-state index contributed by atoms with van der Waals surface area (Å²) in [5.74, 6) is 1.25. The van der Waals surface area contributed by atoms with Crippen LogP contribution >= 0.6 is 0 Å². The van der Waals surface area contributed by atoms with Crippen LogP contribution in [-0.4, -0.2) is 17.6 Å². The number of anilines is 1. The first-order valence-electron chi connectivity index (χ1n) is 6.83. The zero-order chi connectivity index (χ0) is 12.0. The molecule has 0 bridgehead atoms. The fourth-order valence-corrected chi connectivity index (χ4v) is 3.60. The molecule has 0 N–H and O–H groups in total. The van der Waals surface area contributed by atoms with Gasteiger partial charge in [-0.25, -0.2) is 4.98 Å². The van der Waals surface area contributed by atoms with Crippen LogP contribution in [-0.2, 0) is 6.42 Å². The van der Waals surface area contributed by atoms with Gasteiger partial charge in [0.1, 0.15) is 5.82 Å². The SMILES string of the molecule is Cc1cc2c(nc1C)N(C)C1(CCCC1)CC2. The maximum Gasteiger partial charge on any atom is 0.132 e. The van der Waals surface area contributed by atoms with Gasteiger partial charge in [0.2, 0.25) is 0 Å². The second-order valence-corrected chi connectivity index (χ2v) is 5.86. The van der Waals surface area contributed by atoms with E-state index in [4.69, 9.17) is 4.98 Å². The van der Waals surface area contributed by atoms with Gasteiger partial charge in [0.15, 0.2) is 0 Å². The van der Waals surface area contributed by atoms with Crippen molar-refractivity contribution in [3.8, 4) is 0 Å². The number of pyridine rings is 1. The molecule has 0 amide bonds. The Balaban J connectivity index is 2.05. The molecule has 1 aromatic heterocycles. The molecule has 1 spiro atoms. The third kappa shape index (κ3) is 1.57. The van der Waals surface area contributed by atoms with Gasteiger partial charge in [-0.15, -0.1) is 0 Å². The number of aryl methyl sites for hydroxylation is 3. The van der Waals surface area contributed by atoms with E-state index in [0.29, 0.717) is 5.54 Å². The van der Waals surface area contributed by atoms with Crippen LogP contribution in [0.2, 0.25) is 0 Å². The summed E-state index contributed by atoms with van der Waals surface area (Å²) in [5, 5.41) is 0. The molecule has 2 heteroatoms. The number of fused-ring (bicyclic) bond motifs is 1. The lowest BCUT2D eigenvalue weighted by molar-refractivity contribution is 0.366. The van der Waals surface area contributed by atoms with Gasteiger partial charge in [0.25, 0.3) is 0 Å². The van der Waals surface area contributed by atoms with Crippen molar-refractivity contribution < 1.29 is 0 Å². The molecule has 0 saturated heterocycles. The number of nitrogens with zero attached hydrogens (tertiary/aromatic N) is 2. The summed E-state index contributed by atoms with van der Waals surface area (Å²) in [6.07, 6.45) is 8.04. The Bertz CT molecular complexity index is 444. The molecule has 0 unspecified atom stereocenters. The van der Waals surface area contributed by atoms with Crippen LogP contribution < -0.4 is 4.90 Å². The van der Waals surface area contributed by atoms with E-state index in [2.05, 4.69) is 31.9 Å². The van der Waals surface area contributed by atoms with Crippen LogP contribution in [0.15, 0.2) is 6.07 Å². The van der Waals surface area contributed by atoms with Crippen molar-refractivity contribution in [2.45, 2.75) is 57.9 Å². The Morgan fingerprint density at radius 3 is 2.59 bits per heavy atom. The zero-order valence-electron chi connectivity index (χ0n) is 11.2. The van der Waals surface area contributed by atoms with Crippen LogP contribution in [0.4, 0.5) is 5.82 Å². The molecule has 0 atom stereocenters. The maximum absolute atomic E-state index is 4.84. The molecule has 0 radical (unpaired) electrons. The summed E-state index contributed by atoms with van der Waals surface area (Å²) in [6, 6.07) is 2.34. The number of hydrogen-bond donors (Lipinski definition) is 0. The summed E-state index contributed by atoms with van der Waals surface area (Å²) < 4.78 is 0. The minimum absolute atomic E-state index is 0.432. The molecule has 1 aromatic rings. The highest BCUT2D eigenvalue weighted by molar-refractivity contribution is 5.54. The zero-order valence-corrected chi connectivity index (χ0v) is 11.2. The average molecular weight is 230 g/mol. The first kappa shape index (κ1) is 11.1. The highest BCUT2D eigenvalue weighted by Gasteiger charge is 2.41. The van der Waals surface area contributed by atoms with Gasteiger partial charge in [-0.05, 0) is 50.7 Å². The van der Waals surface area contributed by atoms with Crippen molar-refractivity contribution in [1.29, 1.82) is 0 Å². The van der Waals surface area contributed by atoms with Crippen molar-refractivity contribution in [3.05, 3.63) is 22.9 Å². The van der Waals surface area contributed by atoms with Crippen molar-refractivity contribution in [2.24, 2.45) is 0 Å². The van der Waals surface area contributed by atoms with E-state index >= 15 is 0 Å². The summed E-state index contributed by atoms with van der Waals surface area (Å²) in [7, 11) is 2.26. The van der Waals surface area contributed by atoms with E-state index in [-0.39, 0.29) is 0 Å². The molecule has 2 heterocycles. The van der Waals surface area contributed by atoms with Crippen molar-refractivity contribution in [3.63, 3.8) is 0 Å². The summed E-state index contributed by atoms with van der Waals surface area (Å²) in [6.45, 7) is 4.29. The van der Waals surface area contributed by atoms with Gasteiger partial charge < -0.3 is 4.90 Å². The molecule has 17 heavy (non-hydrogen) atoms. The Kier molecular flexibility index (Phi) is 2.42. The highest BCUT2D eigenvalue weighted by atomic mass is 15.2. The van der Waals surface area contributed by atoms with Crippen molar-refractivity contribution >= 4 is 5.82 Å². The molecule has 0 aromatic carbocycles. The quantitative estimate of drug-likeness (QED) is 0.679. The van der Waals surface area contributed by atoms with Gasteiger partial charge in [0.05, 0.1) is 0 Å². The van der Waals surface area contributed by atoms with Gasteiger partial charge in [-0.2, -0.15) is 0 Å². The lowest BCUT2D eigenvalue weighted by Gasteiger charge is -2.44. The molecule has 1 aliphatic heterocycles. The molecule has 92 valence electrons. The van der Waals surface area contributed by atoms with Crippen LogP contribution in [0.5, 0.6) is 0 Å². The largest absolute Gasteiger partial charge is 0.354 e. The lowest BCUT2D eigenvalue weighted by atomic mass is 9.84. The van der Waals surface area contributed by atoms with Crippen LogP contribution in [0.25, 0.3) is 0 Å². The van der Waals surface area contributed by atoms with E-state index in [1.807, 2.05) is 0 Å². The number of aromatic nitrogens is 1. The lowest BCUT2D eigenvalue weighted by Crippen LogP contribution is -2.48. The third-order valence-corrected chi connectivity index (χ3v) is 4.95. The molecule has 1 fully saturated rings. The Labute approximate surface area is 104 Å². The summed E-state index contributed by atoms with van der Waals surface area (Å²) in [5.41, 5.74) is 4.40.